The number of rotatable bonds is 7. The molecule has 10 heteroatoms. The van der Waals surface area contributed by atoms with Gasteiger partial charge in [-0.15, -0.1) is 0 Å². The van der Waals surface area contributed by atoms with E-state index in [9.17, 15) is 21.2 Å². The number of benzene rings is 2. The zero-order chi connectivity index (χ0) is 19.5. The maximum Gasteiger partial charge on any atom is 0.261 e. The van der Waals surface area contributed by atoms with Crippen LogP contribution < -0.4 is 4.72 Å². The maximum absolute atomic E-state index is 13.2. The summed E-state index contributed by atoms with van der Waals surface area (Å²) in [6.07, 6.45) is 0. The Morgan fingerprint density at radius 2 is 1.50 bits per heavy atom. The van der Waals surface area contributed by atoms with Crippen molar-refractivity contribution in [2.75, 3.05) is 17.8 Å². The molecule has 0 aromatic heterocycles. The summed E-state index contributed by atoms with van der Waals surface area (Å²) in [5.74, 6) is -0.725. The zero-order valence-electron chi connectivity index (χ0n) is 14.1. The summed E-state index contributed by atoms with van der Waals surface area (Å²) in [5.41, 5.74) is 0.170. The van der Waals surface area contributed by atoms with Crippen molar-refractivity contribution in [1.82, 2.24) is 4.31 Å². The summed E-state index contributed by atoms with van der Waals surface area (Å²) in [6.45, 7) is 4.13. The van der Waals surface area contributed by atoms with Gasteiger partial charge in [0, 0.05) is 18.8 Å². The first kappa shape index (κ1) is 20.6. The van der Waals surface area contributed by atoms with Crippen molar-refractivity contribution in [2.24, 2.45) is 0 Å². The van der Waals surface area contributed by atoms with Gasteiger partial charge in [0.05, 0.1) is 14.8 Å². The van der Waals surface area contributed by atoms with Crippen LogP contribution in [0.2, 0.25) is 5.02 Å². The average molecular weight is 421 g/mol. The van der Waals surface area contributed by atoms with E-state index >= 15 is 0 Å². The predicted octanol–water partition coefficient (Wildman–Crippen LogP) is 3.31. The molecular weight excluding hydrogens is 403 g/mol. The Morgan fingerprint density at radius 1 is 0.962 bits per heavy atom. The fourth-order valence-electron chi connectivity index (χ4n) is 2.27. The van der Waals surface area contributed by atoms with Crippen LogP contribution in [0.15, 0.2) is 52.3 Å². The number of nitrogens with zero attached hydrogens (tertiary/aromatic N) is 1. The minimum atomic E-state index is -3.99. The second-order valence-electron chi connectivity index (χ2n) is 5.30. The SMILES string of the molecule is CCN(CC)S(=O)(=O)c1ccc(NS(=O)(=O)c2ccc(F)c(Cl)c2)cc1. The van der Waals surface area contributed by atoms with Gasteiger partial charge in [0.15, 0.2) is 0 Å². The van der Waals surface area contributed by atoms with Crippen LogP contribution in [-0.4, -0.2) is 34.2 Å². The Bertz CT molecular complexity index is 989. The fourth-order valence-corrected chi connectivity index (χ4v) is 5.05. The van der Waals surface area contributed by atoms with Crippen molar-refractivity contribution in [3.63, 3.8) is 0 Å². The first-order valence-corrected chi connectivity index (χ1v) is 11.0. The maximum atomic E-state index is 13.2. The van der Waals surface area contributed by atoms with E-state index < -0.39 is 25.9 Å². The third-order valence-corrected chi connectivity index (χ3v) is 7.38. The average Bonchev–Trinajstić information content (AvgIpc) is 2.58. The molecule has 26 heavy (non-hydrogen) atoms. The first-order valence-electron chi connectivity index (χ1n) is 7.70. The van der Waals surface area contributed by atoms with Crippen LogP contribution in [0.3, 0.4) is 0 Å². The van der Waals surface area contributed by atoms with Crippen LogP contribution in [0.1, 0.15) is 13.8 Å². The summed E-state index contributed by atoms with van der Waals surface area (Å²) in [6, 6.07) is 8.38. The summed E-state index contributed by atoms with van der Waals surface area (Å²) in [4.78, 5) is -0.141. The van der Waals surface area contributed by atoms with E-state index in [-0.39, 0.29) is 20.5 Å². The third-order valence-electron chi connectivity index (χ3n) is 3.65. The molecule has 0 saturated heterocycles. The summed E-state index contributed by atoms with van der Waals surface area (Å²) < 4.78 is 66.3. The molecule has 142 valence electrons. The van der Waals surface area contributed by atoms with Gasteiger partial charge in [-0.2, -0.15) is 4.31 Å². The van der Waals surface area contributed by atoms with Crippen molar-refractivity contribution in [2.45, 2.75) is 23.6 Å². The van der Waals surface area contributed by atoms with Gasteiger partial charge in [-0.3, -0.25) is 4.72 Å². The summed E-state index contributed by atoms with van der Waals surface area (Å²) >= 11 is 5.61. The lowest BCUT2D eigenvalue weighted by Crippen LogP contribution is -2.30. The molecular formula is C16H18ClFN2O4S2. The highest BCUT2D eigenvalue weighted by Gasteiger charge is 2.22. The Labute approximate surface area is 157 Å². The van der Waals surface area contributed by atoms with Crippen molar-refractivity contribution in [3.8, 4) is 0 Å². The van der Waals surface area contributed by atoms with Gasteiger partial charge >= 0.3 is 0 Å². The number of sulfonamides is 2. The Kier molecular flexibility index (Phi) is 6.28. The molecule has 1 N–H and O–H groups in total. The number of anilines is 1. The van der Waals surface area contributed by atoms with Gasteiger partial charge in [0.2, 0.25) is 10.0 Å². The van der Waals surface area contributed by atoms with Crippen LogP contribution in [0, 0.1) is 5.82 Å². The Balaban J connectivity index is 2.27. The molecule has 0 aliphatic heterocycles. The molecule has 0 fully saturated rings. The third kappa shape index (κ3) is 4.35. The number of halogens is 2. The highest BCUT2D eigenvalue weighted by molar-refractivity contribution is 7.92. The molecule has 0 atom stereocenters. The lowest BCUT2D eigenvalue weighted by atomic mass is 10.3. The standard InChI is InChI=1S/C16H18ClFN2O4S2/c1-3-20(4-2)26(23,24)13-7-5-12(6-8-13)19-25(21,22)14-9-10-16(18)15(17)11-14/h5-11,19H,3-4H2,1-2H3. The molecule has 0 aliphatic rings. The predicted molar refractivity (Wildman–Crippen MR) is 98.8 cm³/mol. The van der Waals surface area contributed by atoms with Crippen molar-refractivity contribution in [3.05, 3.63) is 53.3 Å². The van der Waals surface area contributed by atoms with Crippen molar-refractivity contribution in [1.29, 1.82) is 0 Å². The van der Waals surface area contributed by atoms with E-state index in [0.717, 1.165) is 18.2 Å². The monoisotopic (exact) mass is 420 g/mol. The summed E-state index contributed by atoms with van der Waals surface area (Å²) in [5, 5.41) is -0.312. The van der Waals surface area contributed by atoms with Gasteiger partial charge in [-0.05, 0) is 42.5 Å². The second-order valence-corrected chi connectivity index (χ2v) is 9.32. The van der Waals surface area contributed by atoms with Crippen LogP contribution in [-0.2, 0) is 20.0 Å². The number of nitrogens with one attached hydrogen (secondary N) is 1. The quantitative estimate of drug-likeness (QED) is 0.744. The molecule has 0 spiro atoms. The van der Waals surface area contributed by atoms with Gasteiger partial charge in [-0.1, -0.05) is 25.4 Å². The fraction of sp³-hybridized carbons (Fsp3) is 0.250. The van der Waals surface area contributed by atoms with Crippen molar-refractivity contribution >= 4 is 37.3 Å². The topological polar surface area (TPSA) is 83.6 Å². The molecule has 0 bridgehead atoms. The lowest BCUT2D eigenvalue weighted by molar-refractivity contribution is 0.445. The number of hydrogen-bond acceptors (Lipinski definition) is 4. The van der Waals surface area contributed by atoms with E-state index in [1.807, 2.05) is 0 Å². The minimum absolute atomic E-state index is 0.0639. The minimum Gasteiger partial charge on any atom is -0.280 e. The van der Waals surface area contributed by atoms with Crippen LogP contribution in [0.5, 0.6) is 0 Å². The van der Waals surface area contributed by atoms with Gasteiger partial charge in [0.25, 0.3) is 10.0 Å². The molecule has 2 rings (SSSR count). The normalized spacial score (nSPS) is 12.3. The largest absolute Gasteiger partial charge is 0.280 e. The van der Waals surface area contributed by atoms with E-state index in [0.29, 0.717) is 13.1 Å². The molecule has 2 aromatic carbocycles. The molecule has 0 radical (unpaired) electrons. The molecule has 0 saturated carbocycles. The van der Waals surface area contributed by atoms with E-state index in [2.05, 4.69) is 4.72 Å². The molecule has 0 amide bonds. The molecule has 0 heterocycles. The van der Waals surface area contributed by atoms with Crippen LogP contribution in [0.4, 0.5) is 10.1 Å². The molecule has 0 aliphatic carbocycles. The van der Waals surface area contributed by atoms with E-state index in [1.54, 1.807) is 13.8 Å². The van der Waals surface area contributed by atoms with Gasteiger partial charge in [0.1, 0.15) is 5.82 Å². The highest BCUT2D eigenvalue weighted by atomic mass is 35.5. The van der Waals surface area contributed by atoms with Crippen LogP contribution in [0.25, 0.3) is 0 Å². The Morgan fingerprint density at radius 3 is 2.00 bits per heavy atom. The van der Waals surface area contributed by atoms with Gasteiger partial charge in [-0.25, -0.2) is 21.2 Å². The zero-order valence-corrected chi connectivity index (χ0v) is 16.5. The number of hydrogen-bond donors (Lipinski definition) is 1. The Hall–Kier alpha value is -1.68. The van der Waals surface area contributed by atoms with Gasteiger partial charge < -0.3 is 0 Å². The second kappa shape index (κ2) is 7.91. The highest BCUT2D eigenvalue weighted by Crippen LogP contribution is 2.23. The van der Waals surface area contributed by atoms with E-state index in [4.69, 9.17) is 11.6 Å². The molecule has 0 unspecified atom stereocenters. The molecule has 6 nitrogen and oxygen atoms in total. The molecule has 2 aromatic rings. The first-order chi connectivity index (χ1) is 12.1. The van der Waals surface area contributed by atoms with Crippen molar-refractivity contribution < 1.29 is 21.2 Å². The lowest BCUT2D eigenvalue weighted by Gasteiger charge is -2.18. The van der Waals surface area contributed by atoms with E-state index in [1.165, 1.54) is 28.6 Å². The summed E-state index contributed by atoms with van der Waals surface area (Å²) in [7, 11) is -7.61. The van der Waals surface area contributed by atoms with Crippen LogP contribution >= 0.6 is 11.6 Å². The smallest absolute Gasteiger partial charge is 0.261 e.